The van der Waals surface area contributed by atoms with Crippen molar-refractivity contribution in [3.63, 3.8) is 0 Å². The summed E-state index contributed by atoms with van der Waals surface area (Å²) in [5.74, 6) is -2.51. The number of carbonyl (C=O) groups excluding carboxylic acids is 2. The lowest BCUT2D eigenvalue weighted by atomic mass is 10.1. The molecule has 15 nitrogen and oxygen atoms in total. The Morgan fingerprint density at radius 2 is 2.13 bits per heavy atom. The number of fused-ring (bicyclic) bond motifs is 1. The molecule has 2 amide bonds. The molecule has 4 rings (SSSR count). The summed E-state index contributed by atoms with van der Waals surface area (Å²) in [4.78, 5) is 62.5. The number of anilines is 2. The van der Waals surface area contributed by atoms with E-state index in [1.165, 1.54) is 46.8 Å². The molecule has 1 fully saturated rings. The Morgan fingerprint density at radius 3 is 2.77 bits per heavy atom. The molecule has 2 aromatic rings. The summed E-state index contributed by atoms with van der Waals surface area (Å²) in [5.41, 5.74) is 11.9. The van der Waals surface area contributed by atoms with Crippen LogP contribution in [0.2, 0.25) is 0 Å². The van der Waals surface area contributed by atoms with E-state index in [2.05, 4.69) is 20.4 Å². The van der Waals surface area contributed by atoms with E-state index in [-0.39, 0.29) is 51.8 Å². The maximum absolute atomic E-state index is 13.0. The van der Waals surface area contributed by atoms with E-state index in [9.17, 15) is 24.3 Å². The van der Waals surface area contributed by atoms with Crippen molar-refractivity contribution >= 4 is 75.3 Å². The molecule has 0 aliphatic carbocycles. The average molecular weight is 596 g/mol. The van der Waals surface area contributed by atoms with Gasteiger partial charge in [0.1, 0.15) is 11.4 Å². The third-order valence-corrected chi connectivity index (χ3v) is 8.47. The molecular formula is C21H23N8O7S3+. The number of nitrogens with one attached hydrogen (secondary N) is 1. The van der Waals surface area contributed by atoms with Crippen molar-refractivity contribution in [3.05, 3.63) is 34.6 Å². The van der Waals surface area contributed by atoms with Gasteiger partial charge in [-0.1, -0.05) is 5.16 Å². The number of nitrogens with zero attached hydrogens (tertiary/aromatic N) is 5. The second-order valence-corrected chi connectivity index (χ2v) is 11.1. The first-order valence-electron chi connectivity index (χ1n) is 11.2. The van der Waals surface area contributed by atoms with E-state index in [4.69, 9.17) is 21.4 Å². The quantitative estimate of drug-likeness (QED) is 0.0562. The molecule has 1 unspecified atom stereocenters. The van der Waals surface area contributed by atoms with Gasteiger partial charge < -0.3 is 31.8 Å². The lowest BCUT2D eigenvalue weighted by Crippen LogP contribution is -2.54. The first-order valence-corrected chi connectivity index (χ1v) is 14.1. The van der Waals surface area contributed by atoms with Gasteiger partial charge in [-0.15, -0.1) is 23.1 Å². The van der Waals surface area contributed by atoms with E-state index in [0.29, 0.717) is 22.9 Å². The van der Waals surface area contributed by atoms with Gasteiger partial charge in [0.2, 0.25) is 17.8 Å². The van der Waals surface area contributed by atoms with Gasteiger partial charge in [-0.05, 0) is 29.2 Å². The Kier molecular flexibility index (Phi) is 8.56. The predicted molar refractivity (Wildman–Crippen MR) is 141 cm³/mol. The molecule has 2 aliphatic heterocycles. The summed E-state index contributed by atoms with van der Waals surface area (Å²) in [7, 11) is 0. The number of thioether (sulfide) groups is 2. The van der Waals surface area contributed by atoms with Crippen LogP contribution >= 0.6 is 34.9 Å². The minimum Gasteiger partial charge on any atom is -0.478 e. The van der Waals surface area contributed by atoms with Crippen molar-refractivity contribution in [1.82, 2.24) is 20.2 Å². The fourth-order valence-electron chi connectivity index (χ4n) is 3.44. The van der Waals surface area contributed by atoms with Crippen LogP contribution in [-0.2, 0) is 30.7 Å². The second-order valence-electron chi connectivity index (χ2n) is 8.15. The standard InChI is InChI=1S/C21H22N8O7S3/c1-9(18(32)33)36-27-15(11-7-38-20(23)25-11)17(31)24-8-28-3-2-12(22)26-21(28)39-6-10-5-37-14-4-13(30)29(14)16(10)19(34)35/h2-3,7,9,14,22H,4-6,8H2,1H3,(H5,23,24,25,31,32,33,34,35)/p+1/b27-15-/t9-,14?/m0/s1. The topological polar surface area (TPSA) is 227 Å². The van der Waals surface area contributed by atoms with E-state index in [1.807, 2.05) is 0 Å². The van der Waals surface area contributed by atoms with Gasteiger partial charge in [0.15, 0.2) is 17.5 Å². The van der Waals surface area contributed by atoms with Crippen LogP contribution in [0.25, 0.3) is 0 Å². The largest absolute Gasteiger partial charge is 0.478 e. The molecule has 2 aromatic heterocycles. The highest BCUT2D eigenvalue weighted by Gasteiger charge is 2.45. The van der Waals surface area contributed by atoms with Crippen LogP contribution in [0.3, 0.4) is 0 Å². The summed E-state index contributed by atoms with van der Waals surface area (Å²) in [6.45, 7) is 1.15. The van der Waals surface area contributed by atoms with Crippen LogP contribution in [0.5, 0.6) is 0 Å². The van der Waals surface area contributed by atoms with Gasteiger partial charge >= 0.3 is 17.1 Å². The van der Waals surface area contributed by atoms with Gasteiger partial charge in [0.05, 0.1) is 18.0 Å². The molecule has 0 radical (unpaired) electrons. The first kappa shape index (κ1) is 28.1. The molecule has 0 spiro atoms. The summed E-state index contributed by atoms with van der Waals surface area (Å²) in [5, 5.41) is 27.0. The number of hydrogen-bond donors (Lipinski definition) is 5. The van der Waals surface area contributed by atoms with E-state index < -0.39 is 23.9 Å². The number of aliphatic carboxylic acids is 2. The SMILES string of the molecule is C[C@H](O/N=C(\C(=O)NC[n+]1ccc(N)nc1SCC1=C(C(=O)O)N2C(=O)CC2SC1)c1csc(N)n1)C(=O)O. The first-order chi connectivity index (χ1) is 18.5. The van der Waals surface area contributed by atoms with Crippen LogP contribution in [0.1, 0.15) is 19.0 Å². The molecular weight excluding hydrogens is 572 g/mol. The number of aromatic nitrogens is 3. The summed E-state index contributed by atoms with van der Waals surface area (Å²) >= 11 is 3.76. The van der Waals surface area contributed by atoms with Crippen molar-refractivity contribution in [3.8, 4) is 0 Å². The zero-order chi connectivity index (χ0) is 28.3. The zero-order valence-electron chi connectivity index (χ0n) is 20.3. The van der Waals surface area contributed by atoms with E-state index in [1.54, 1.807) is 10.8 Å². The van der Waals surface area contributed by atoms with Gasteiger partial charge in [0.25, 0.3) is 5.91 Å². The second kappa shape index (κ2) is 11.9. The van der Waals surface area contributed by atoms with Crippen molar-refractivity contribution in [2.24, 2.45) is 5.16 Å². The lowest BCUT2D eigenvalue weighted by molar-refractivity contribution is -0.739. The van der Waals surface area contributed by atoms with Gasteiger partial charge in [0, 0.05) is 23.0 Å². The molecule has 0 bridgehead atoms. The molecule has 39 heavy (non-hydrogen) atoms. The number of thiazole rings is 1. The number of nitrogens with two attached hydrogens (primary N) is 2. The van der Waals surface area contributed by atoms with Gasteiger partial charge in [-0.2, -0.15) is 0 Å². The number of carboxylic acid groups (broad SMARTS) is 2. The summed E-state index contributed by atoms with van der Waals surface area (Å²) in [6.07, 6.45) is 0.590. The fourth-order valence-corrected chi connectivity index (χ4v) is 6.38. The normalized spacial score (nSPS) is 17.8. The smallest absolute Gasteiger partial charge is 0.363 e. The number of carboxylic acids is 2. The number of oxime groups is 1. The maximum Gasteiger partial charge on any atom is 0.363 e. The number of β-lactam (4-membered cyclic amide) rings is 1. The highest BCUT2D eigenvalue weighted by atomic mass is 32.2. The van der Waals surface area contributed by atoms with E-state index >= 15 is 0 Å². The minimum absolute atomic E-state index is 0.00904. The molecule has 18 heteroatoms. The molecule has 0 saturated carbocycles. The zero-order valence-corrected chi connectivity index (χ0v) is 22.7. The summed E-state index contributed by atoms with van der Waals surface area (Å²) in [6, 6.07) is 1.52. The maximum atomic E-state index is 13.0. The Morgan fingerprint density at radius 1 is 1.36 bits per heavy atom. The number of hydrogen-bond acceptors (Lipinski definition) is 13. The Bertz CT molecular complexity index is 1400. The third-order valence-electron chi connectivity index (χ3n) is 5.44. The van der Waals surface area contributed by atoms with Crippen LogP contribution in [-0.4, -0.2) is 77.5 Å². The van der Waals surface area contributed by atoms with Crippen LogP contribution in [0.15, 0.2) is 39.2 Å². The predicted octanol–water partition coefficient (Wildman–Crippen LogP) is -0.306. The molecule has 0 aromatic carbocycles. The number of rotatable bonds is 11. The Labute approximate surface area is 233 Å². The van der Waals surface area contributed by atoms with Crippen molar-refractivity contribution < 1.29 is 38.8 Å². The van der Waals surface area contributed by atoms with Crippen LogP contribution < -0.4 is 21.4 Å². The highest BCUT2D eigenvalue weighted by Crippen LogP contribution is 2.40. The lowest BCUT2D eigenvalue weighted by Gasteiger charge is -2.43. The van der Waals surface area contributed by atoms with Gasteiger partial charge in [-0.3, -0.25) is 14.5 Å². The third kappa shape index (κ3) is 6.40. The molecule has 206 valence electrons. The van der Waals surface area contributed by atoms with Crippen molar-refractivity contribution in [2.45, 2.75) is 36.6 Å². The summed E-state index contributed by atoms with van der Waals surface area (Å²) < 4.78 is 1.57. The Hall–Kier alpha value is -3.90. The van der Waals surface area contributed by atoms with E-state index in [0.717, 1.165) is 11.3 Å². The average Bonchev–Trinajstić information content (AvgIpc) is 3.31. The van der Waals surface area contributed by atoms with Gasteiger partial charge in [-0.25, -0.2) is 19.1 Å². The van der Waals surface area contributed by atoms with Crippen LogP contribution in [0.4, 0.5) is 10.9 Å². The minimum atomic E-state index is -1.31. The number of carbonyl (C=O) groups is 4. The molecule has 1 saturated heterocycles. The number of nitrogen functional groups attached to an aromatic ring is 2. The molecule has 2 atom stereocenters. The monoisotopic (exact) mass is 595 g/mol. The van der Waals surface area contributed by atoms with Crippen molar-refractivity contribution in [1.29, 1.82) is 0 Å². The fraction of sp³-hybridized carbons (Fsp3) is 0.333. The highest BCUT2D eigenvalue weighted by molar-refractivity contribution is 8.00. The molecule has 7 N–H and O–H groups in total. The van der Waals surface area contributed by atoms with Crippen LogP contribution in [0, 0.1) is 0 Å². The molecule has 2 aliphatic rings. The number of amides is 2. The van der Waals surface area contributed by atoms with Crippen molar-refractivity contribution in [2.75, 3.05) is 23.0 Å². The molecule has 4 heterocycles. The Balaban J connectivity index is 1.50.